The highest BCUT2D eigenvalue weighted by Crippen LogP contribution is 2.25. The summed E-state index contributed by atoms with van der Waals surface area (Å²) in [6.07, 6.45) is 3.34. The Labute approximate surface area is 135 Å². The number of aryl methyl sites for hydroxylation is 2. The van der Waals surface area contributed by atoms with E-state index in [0.29, 0.717) is 11.1 Å². The predicted molar refractivity (Wildman–Crippen MR) is 86.4 cm³/mol. The van der Waals surface area contributed by atoms with Gasteiger partial charge in [-0.3, -0.25) is 9.78 Å². The molecular formula is C15H13N3O2S2. The fourth-order valence-corrected chi connectivity index (χ4v) is 3.58. The number of aromatic nitrogens is 3. The number of hydrogen-bond acceptors (Lipinski definition) is 7. The summed E-state index contributed by atoms with van der Waals surface area (Å²) < 4.78 is 5.54. The number of carbonyl (C=O) groups excluding carboxylic acids is 1. The van der Waals surface area contributed by atoms with Gasteiger partial charge in [-0.1, -0.05) is 11.8 Å². The number of pyridine rings is 1. The molecule has 3 aromatic heterocycles. The van der Waals surface area contributed by atoms with Crippen molar-refractivity contribution in [2.24, 2.45) is 0 Å². The number of thioether (sulfide) groups is 1. The van der Waals surface area contributed by atoms with Crippen molar-refractivity contribution in [2.45, 2.75) is 19.1 Å². The Morgan fingerprint density at radius 1 is 1.36 bits per heavy atom. The summed E-state index contributed by atoms with van der Waals surface area (Å²) in [6.45, 7) is 3.96. The molecule has 0 saturated carbocycles. The van der Waals surface area contributed by atoms with Gasteiger partial charge in [0.05, 0.1) is 11.3 Å². The van der Waals surface area contributed by atoms with Crippen molar-refractivity contribution in [3.05, 3.63) is 45.9 Å². The van der Waals surface area contributed by atoms with Gasteiger partial charge in [-0.05, 0) is 32.0 Å². The zero-order valence-corrected chi connectivity index (χ0v) is 13.7. The maximum atomic E-state index is 12.2. The van der Waals surface area contributed by atoms with Crippen LogP contribution < -0.4 is 0 Å². The monoisotopic (exact) mass is 331 g/mol. The van der Waals surface area contributed by atoms with Crippen molar-refractivity contribution in [1.29, 1.82) is 0 Å². The maximum absolute atomic E-state index is 12.2. The molecule has 0 spiro atoms. The molecular weight excluding hydrogens is 318 g/mol. The second-order valence-electron chi connectivity index (χ2n) is 4.65. The lowest BCUT2D eigenvalue weighted by molar-refractivity contribution is 0.102. The Morgan fingerprint density at radius 2 is 2.23 bits per heavy atom. The minimum absolute atomic E-state index is 0.0768. The predicted octanol–water partition coefficient (Wildman–Crippen LogP) is 3.78. The second-order valence-corrected chi connectivity index (χ2v) is 7.04. The third-order valence-electron chi connectivity index (χ3n) is 2.98. The summed E-state index contributed by atoms with van der Waals surface area (Å²) in [5.74, 6) is 0.768. The molecule has 3 aromatic rings. The lowest BCUT2D eigenvalue weighted by Crippen LogP contribution is -2.02. The van der Waals surface area contributed by atoms with Crippen LogP contribution in [0.1, 0.15) is 20.1 Å². The van der Waals surface area contributed by atoms with Crippen molar-refractivity contribution in [3.63, 3.8) is 0 Å². The van der Waals surface area contributed by atoms with E-state index in [1.165, 1.54) is 11.8 Å². The third kappa shape index (κ3) is 3.26. The molecule has 7 heteroatoms. The van der Waals surface area contributed by atoms with Gasteiger partial charge in [0, 0.05) is 27.7 Å². The first-order valence-corrected chi connectivity index (χ1v) is 8.40. The van der Waals surface area contributed by atoms with Crippen LogP contribution in [0.25, 0.3) is 11.5 Å². The molecule has 0 aromatic carbocycles. The number of thiophene rings is 1. The molecule has 0 amide bonds. The highest BCUT2D eigenvalue weighted by molar-refractivity contribution is 7.99. The molecule has 0 aliphatic carbocycles. The quantitative estimate of drug-likeness (QED) is 0.523. The molecule has 5 nitrogen and oxygen atoms in total. The molecule has 0 bridgehead atoms. The van der Waals surface area contributed by atoms with Gasteiger partial charge in [-0.15, -0.1) is 21.5 Å². The Hall–Kier alpha value is -1.99. The maximum Gasteiger partial charge on any atom is 0.277 e. The largest absolute Gasteiger partial charge is 0.411 e. The number of ketones is 1. The number of nitrogens with zero attached hydrogens (tertiary/aromatic N) is 3. The molecule has 0 radical (unpaired) electrons. The summed E-state index contributed by atoms with van der Waals surface area (Å²) in [7, 11) is 0. The fourth-order valence-electron chi connectivity index (χ4n) is 1.99. The van der Waals surface area contributed by atoms with Crippen molar-refractivity contribution >= 4 is 28.9 Å². The molecule has 112 valence electrons. The van der Waals surface area contributed by atoms with E-state index < -0.39 is 0 Å². The van der Waals surface area contributed by atoms with Gasteiger partial charge in [-0.2, -0.15) is 0 Å². The lowest BCUT2D eigenvalue weighted by atomic mass is 10.2. The summed E-state index contributed by atoms with van der Waals surface area (Å²) in [6, 6.07) is 5.58. The smallest absolute Gasteiger partial charge is 0.277 e. The van der Waals surface area contributed by atoms with E-state index in [0.717, 1.165) is 20.9 Å². The third-order valence-corrected chi connectivity index (χ3v) is 4.77. The first-order valence-electron chi connectivity index (χ1n) is 6.60. The van der Waals surface area contributed by atoms with Crippen molar-refractivity contribution in [1.82, 2.24) is 15.2 Å². The van der Waals surface area contributed by atoms with Crippen molar-refractivity contribution < 1.29 is 9.21 Å². The van der Waals surface area contributed by atoms with Gasteiger partial charge in [0.15, 0.2) is 5.78 Å². The van der Waals surface area contributed by atoms with E-state index >= 15 is 0 Å². The van der Waals surface area contributed by atoms with Crippen molar-refractivity contribution in [2.75, 3.05) is 5.75 Å². The van der Waals surface area contributed by atoms with E-state index in [4.69, 9.17) is 4.42 Å². The zero-order valence-electron chi connectivity index (χ0n) is 12.1. The lowest BCUT2D eigenvalue weighted by Gasteiger charge is -1.97. The first kappa shape index (κ1) is 14.9. The van der Waals surface area contributed by atoms with Crippen LogP contribution in [0.4, 0.5) is 0 Å². The van der Waals surface area contributed by atoms with E-state index in [9.17, 15) is 4.79 Å². The van der Waals surface area contributed by atoms with Crippen LogP contribution in [0.5, 0.6) is 0 Å². The van der Waals surface area contributed by atoms with E-state index in [2.05, 4.69) is 15.2 Å². The summed E-state index contributed by atoms with van der Waals surface area (Å²) in [5, 5.41) is 8.31. The first-order chi connectivity index (χ1) is 10.6. The number of Topliss-reactive ketones (excluding diaryl/α,β-unsaturated/α-hetero) is 1. The topological polar surface area (TPSA) is 68.9 Å². The van der Waals surface area contributed by atoms with E-state index in [1.54, 1.807) is 29.8 Å². The molecule has 0 N–H and O–H groups in total. The van der Waals surface area contributed by atoms with Gasteiger partial charge in [-0.25, -0.2) is 0 Å². The Balaban J connectivity index is 1.66. The number of hydrogen-bond donors (Lipinski definition) is 0. The Kier molecular flexibility index (Phi) is 4.35. The minimum Gasteiger partial charge on any atom is -0.411 e. The van der Waals surface area contributed by atoms with E-state index in [1.807, 2.05) is 26.0 Å². The molecule has 3 rings (SSSR count). The molecule has 0 fully saturated rings. The van der Waals surface area contributed by atoms with Gasteiger partial charge in [0.2, 0.25) is 5.89 Å². The molecule has 3 heterocycles. The summed E-state index contributed by atoms with van der Waals surface area (Å²) in [4.78, 5) is 18.4. The molecule has 0 saturated heterocycles. The zero-order chi connectivity index (χ0) is 15.5. The summed E-state index contributed by atoms with van der Waals surface area (Å²) in [5.41, 5.74) is 1.54. The number of carbonyl (C=O) groups is 1. The van der Waals surface area contributed by atoms with Crippen LogP contribution in [-0.2, 0) is 0 Å². The van der Waals surface area contributed by atoms with Crippen LogP contribution in [-0.4, -0.2) is 26.7 Å². The van der Waals surface area contributed by atoms with E-state index in [-0.39, 0.29) is 11.5 Å². The highest BCUT2D eigenvalue weighted by atomic mass is 32.2. The molecule has 0 unspecified atom stereocenters. The normalized spacial score (nSPS) is 10.8. The van der Waals surface area contributed by atoms with Crippen LogP contribution in [0.3, 0.4) is 0 Å². The molecule has 0 aliphatic rings. The standard InChI is InChI=1S/C15H13N3O2S2/c1-9-6-12(10(2)22-9)13(19)8-21-15-18-17-14(20-15)11-4-3-5-16-7-11/h3-7H,8H2,1-2H3. The van der Waals surface area contributed by atoms with Crippen LogP contribution >= 0.6 is 23.1 Å². The highest BCUT2D eigenvalue weighted by Gasteiger charge is 2.15. The SMILES string of the molecule is Cc1cc(C(=O)CSc2nnc(-c3cccnc3)o2)c(C)s1. The van der Waals surface area contributed by atoms with Gasteiger partial charge in [0.25, 0.3) is 5.22 Å². The average Bonchev–Trinajstić information content (AvgIpc) is 3.12. The Morgan fingerprint density at radius 3 is 2.91 bits per heavy atom. The fraction of sp³-hybridized carbons (Fsp3) is 0.200. The second kappa shape index (κ2) is 6.41. The Bertz CT molecular complexity index is 796. The molecule has 0 aliphatic heterocycles. The summed E-state index contributed by atoms with van der Waals surface area (Å²) >= 11 is 2.88. The van der Waals surface area contributed by atoms with Crippen LogP contribution in [0, 0.1) is 13.8 Å². The van der Waals surface area contributed by atoms with Gasteiger partial charge >= 0.3 is 0 Å². The van der Waals surface area contributed by atoms with Crippen LogP contribution in [0.15, 0.2) is 40.2 Å². The average molecular weight is 331 g/mol. The molecule has 22 heavy (non-hydrogen) atoms. The minimum atomic E-state index is 0.0768. The van der Waals surface area contributed by atoms with Crippen molar-refractivity contribution in [3.8, 4) is 11.5 Å². The van der Waals surface area contributed by atoms with Crippen LogP contribution in [0.2, 0.25) is 0 Å². The molecule has 0 atom stereocenters. The van der Waals surface area contributed by atoms with Gasteiger partial charge in [0.1, 0.15) is 0 Å². The number of rotatable bonds is 5. The van der Waals surface area contributed by atoms with Gasteiger partial charge < -0.3 is 4.42 Å².